The number of allylic oxidation sites excluding steroid dienone is 1. The van der Waals surface area contributed by atoms with Gasteiger partial charge in [0.25, 0.3) is 0 Å². The molecule has 226 valence electrons. The SMILES string of the molecule is COC(=O)[C@@]12C[C@@H](CC(=O)NCC34CC5CC(CC(C5)C3)C4)C(=O)N(Cc3ccc4c(c3)OCO4)C1=CCC(C)(C)C2. The average Bonchev–Trinajstić information content (AvgIpc) is 3.40. The highest BCUT2D eigenvalue weighted by Gasteiger charge is 2.57. The van der Waals surface area contributed by atoms with Gasteiger partial charge in [0, 0.05) is 24.6 Å². The van der Waals surface area contributed by atoms with Crippen molar-refractivity contribution < 1.29 is 28.6 Å². The number of methoxy groups -OCH3 is 1. The lowest BCUT2D eigenvalue weighted by molar-refractivity contribution is -0.162. The number of fused-ring (bicyclic) bond motifs is 2. The van der Waals surface area contributed by atoms with Crippen LogP contribution in [0.4, 0.5) is 0 Å². The molecule has 4 bridgehead atoms. The van der Waals surface area contributed by atoms with Crippen molar-refractivity contribution in [1.29, 1.82) is 0 Å². The fraction of sp³-hybridized carbons (Fsp3) is 0.676. The van der Waals surface area contributed by atoms with Gasteiger partial charge in [0.15, 0.2) is 11.5 Å². The van der Waals surface area contributed by atoms with E-state index >= 15 is 0 Å². The molecular weight excluding hydrogens is 532 g/mol. The minimum absolute atomic E-state index is 0.0787. The van der Waals surface area contributed by atoms with Gasteiger partial charge >= 0.3 is 5.97 Å². The molecule has 1 aromatic carbocycles. The lowest BCUT2D eigenvalue weighted by Crippen LogP contribution is -2.56. The van der Waals surface area contributed by atoms with Gasteiger partial charge in [-0.05, 0) is 104 Å². The standard InChI is InChI=1S/C34H44N2O6/c1-32(2)7-6-28-34(18-32,31(39)40-3)16-25(30(38)36(28)17-21-4-5-26-27(11-21)42-20-41-26)12-29(37)35-19-33-13-22-8-23(14-33)10-24(9-22)15-33/h4-6,11,22-25H,7-10,12-20H2,1-3H3,(H,35,37)/t22?,23?,24?,25-,33?,34-/m1/s1. The summed E-state index contributed by atoms with van der Waals surface area (Å²) in [6.45, 7) is 5.46. The maximum absolute atomic E-state index is 14.2. The molecule has 7 aliphatic rings. The molecule has 0 unspecified atom stereocenters. The number of nitrogens with zero attached hydrogens (tertiary/aromatic N) is 1. The van der Waals surface area contributed by atoms with Crippen molar-refractivity contribution >= 4 is 17.8 Å². The van der Waals surface area contributed by atoms with Gasteiger partial charge < -0.3 is 24.4 Å². The van der Waals surface area contributed by atoms with E-state index in [1.54, 1.807) is 4.90 Å². The second-order valence-corrected chi connectivity index (χ2v) is 15.1. The Labute approximate surface area is 248 Å². The summed E-state index contributed by atoms with van der Waals surface area (Å²) in [6, 6.07) is 5.67. The van der Waals surface area contributed by atoms with E-state index in [0.717, 1.165) is 29.7 Å². The number of hydrogen-bond acceptors (Lipinski definition) is 6. The van der Waals surface area contributed by atoms with Gasteiger partial charge in [0.2, 0.25) is 18.6 Å². The molecule has 1 saturated heterocycles. The van der Waals surface area contributed by atoms with Crippen molar-refractivity contribution in [2.75, 3.05) is 20.4 Å². The topological polar surface area (TPSA) is 94.2 Å². The van der Waals surface area contributed by atoms with E-state index in [2.05, 4.69) is 25.2 Å². The molecule has 2 aliphatic heterocycles. The molecule has 4 saturated carbocycles. The van der Waals surface area contributed by atoms with E-state index in [0.29, 0.717) is 30.2 Å². The fourth-order valence-corrected chi connectivity index (χ4v) is 10.0. The highest BCUT2D eigenvalue weighted by molar-refractivity contribution is 5.92. The smallest absolute Gasteiger partial charge is 0.317 e. The van der Waals surface area contributed by atoms with Crippen LogP contribution in [0.15, 0.2) is 30.0 Å². The first kappa shape index (κ1) is 27.8. The monoisotopic (exact) mass is 576 g/mol. The fourth-order valence-electron chi connectivity index (χ4n) is 10.0. The number of hydrogen-bond donors (Lipinski definition) is 1. The zero-order chi connectivity index (χ0) is 29.3. The summed E-state index contributed by atoms with van der Waals surface area (Å²) in [4.78, 5) is 43.1. The van der Waals surface area contributed by atoms with E-state index in [9.17, 15) is 14.4 Å². The van der Waals surface area contributed by atoms with Gasteiger partial charge in [0.05, 0.1) is 13.7 Å². The van der Waals surface area contributed by atoms with E-state index in [1.165, 1.54) is 45.6 Å². The molecule has 0 spiro atoms. The van der Waals surface area contributed by atoms with Crippen molar-refractivity contribution in [3.8, 4) is 11.5 Å². The summed E-state index contributed by atoms with van der Waals surface area (Å²) in [7, 11) is 1.42. The molecule has 8 heteroatoms. The molecular formula is C34H44N2O6. The van der Waals surface area contributed by atoms with Gasteiger partial charge in [-0.3, -0.25) is 14.4 Å². The Morgan fingerprint density at radius 2 is 1.71 bits per heavy atom. The lowest BCUT2D eigenvalue weighted by atomic mass is 9.49. The van der Waals surface area contributed by atoms with E-state index in [4.69, 9.17) is 14.2 Å². The highest BCUT2D eigenvalue weighted by Crippen LogP contribution is 2.60. The first-order valence-corrected chi connectivity index (χ1v) is 15.8. The molecule has 0 aromatic heterocycles. The number of benzene rings is 1. The maximum atomic E-state index is 14.2. The predicted octanol–water partition coefficient (Wildman–Crippen LogP) is 5.35. The van der Waals surface area contributed by atoms with Gasteiger partial charge in [-0.2, -0.15) is 0 Å². The first-order chi connectivity index (χ1) is 20.1. The van der Waals surface area contributed by atoms with Crippen LogP contribution < -0.4 is 14.8 Å². The Morgan fingerprint density at radius 3 is 2.40 bits per heavy atom. The quantitative estimate of drug-likeness (QED) is 0.440. The Morgan fingerprint density at radius 1 is 1.02 bits per heavy atom. The third kappa shape index (κ3) is 4.79. The summed E-state index contributed by atoms with van der Waals surface area (Å²) < 4.78 is 16.5. The summed E-state index contributed by atoms with van der Waals surface area (Å²) in [6.07, 6.45) is 11.5. The van der Waals surface area contributed by atoms with Gasteiger partial charge in [0.1, 0.15) is 5.41 Å². The minimum Gasteiger partial charge on any atom is -0.468 e. The summed E-state index contributed by atoms with van der Waals surface area (Å²) in [5.41, 5.74) is 0.688. The Bertz CT molecular complexity index is 1300. The second kappa shape index (κ2) is 10.0. The maximum Gasteiger partial charge on any atom is 0.317 e. The van der Waals surface area contributed by atoms with Crippen LogP contribution in [-0.4, -0.2) is 43.1 Å². The minimum atomic E-state index is -0.981. The van der Waals surface area contributed by atoms with Crippen LogP contribution in [0.1, 0.15) is 83.6 Å². The number of amides is 2. The third-order valence-corrected chi connectivity index (χ3v) is 11.2. The highest BCUT2D eigenvalue weighted by atomic mass is 16.7. The molecule has 8 rings (SSSR count). The van der Waals surface area contributed by atoms with Crippen LogP contribution in [-0.2, 0) is 25.7 Å². The number of esters is 1. The molecule has 0 radical (unpaired) electrons. The van der Waals surface area contributed by atoms with Crippen molar-refractivity contribution in [3.63, 3.8) is 0 Å². The third-order valence-electron chi connectivity index (χ3n) is 11.2. The normalized spacial score (nSPS) is 35.5. The molecule has 1 aromatic rings. The van der Waals surface area contributed by atoms with Crippen LogP contribution in [0, 0.1) is 39.9 Å². The van der Waals surface area contributed by atoms with Crippen LogP contribution in [0.2, 0.25) is 0 Å². The summed E-state index contributed by atoms with van der Waals surface area (Å²) in [5.74, 6) is 2.64. The predicted molar refractivity (Wildman–Crippen MR) is 155 cm³/mol. The molecule has 42 heavy (non-hydrogen) atoms. The summed E-state index contributed by atoms with van der Waals surface area (Å²) >= 11 is 0. The molecule has 8 nitrogen and oxygen atoms in total. The lowest BCUT2D eigenvalue weighted by Gasteiger charge is -2.57. The molecule has 2 amide bonds. The number of piperidine rings is 1. The number of ether oxygens (including phenoxy) is 3. The Balaban J connectivity index is 1.14. The summed E-state index contributed by atoms with van der Waals surface area (Å²) in [5, 5.41) is 3.27. The van der Waals surface area contributed by atoms with Crippen molar-refractivity contribution in [3.05, 3.63) is 35.5 Å². The number of likely N-dealkylation sites (tertiary alicyclic amines) is 1. The average molecular weight is 577 g/mol. The van der Waals surface area contributed by atoms with Crippen LogP contribution in [0.25, 0.3) is 0 Å². The Hall–Kier alpha value is -3.03. The molecule has 2 atom stereocenters. The number of carbonyl (C=O) groups excluding carboxylic acids is 3. The number of carbonyl (C=O) groups is 3. The van der Waals surface area contributed by atoms with Crippen molar-refractivity contribution in [2.24, 2.45) is 39.9 Å². The molecule has 5 aliphatic carbocycles. The zero-order valence-electron chi connectivity index (χ0n) is 25.2. The van der Waals surface area contributed by atoms with Gasteiger partial charge in [-0.1, -0.05) is 26.0 Å². The van der Waals surface area contributed by atoms with Crippen LogP contribution in [0.3, 0.4) is 0 Å². The van der Waals surface area contributed by atoms with Crippen molar-refractivity contribution in [1.82, 2.24) is 10.2 Å². The van der Waals surface area contributed by atoms with E-state index < -0.39 is 11.3 Å². The number of rotatable bonds is 7. The largest absolute Gasteiger partial charge is 0.468 e. The molecule has 5 fully saturated rings. The molecule has 1 N–H and O–H groups in total. The van der Waals surface area contributed by atoms with Crippen molar-refractivity contribution in [2.45, 2.75) is 84.6 Å². The van der Waals surface area contributed by atoms with E-state index in [1.807, 2.05) is 18.2 Å². The zero-order valence-corrected chi connectivity index (χ0v) is 25.2. The van der Waals surface area contributed by atoms with Crippen LogP contribution >= 0.6 is 0 Å². The van der Waals surface area contributed by atoms with E-state index in [-0.39, 0.29) is 54.8 Å². The molecule has 2 heterocycles. The Kier molecular flexibility index (Phi) is 6.63. The number of nitrogens with one attached hydrogen (secondary N) is 1. The second-order valence-electron chi connectivity index (χ2n) is 15.1. The first-order valence-electron chi connectivity index (χ1n) is 15.8. The van der Waals surface area contributed by atoms with Gasteiger partial charge in [-0.25, -0.2) is 0 Å². The van der Waals surface area contributed by atoms with Gasteiger partial charge in [-0.15, -0.1) is 0 Å². The van der Waals surface area contributed by atoms with Crippen LogP contribution in [0.5, 0.6) is 11.5 Å².